The second-order valence-corrected chi connectivity index (χ2v) is 5.92. The van der Waals surface area contributed by atoms with Gasteiger partial charge < -0.3 is 9.64 Å². The number of nitrogens with zero attached hydrogens (tertiary/aromatic N) is 4. The van der Waals surface area contributed by atoms with Crippen LogP contribution in [-0.2, 0) is 4.74 Å². The zero-order chi connectivity index (χ0) is 15.5. The third-order valence-corrected chi connectivity index (χ3v) is 4.31. The molecule has 2 fully saturated rings. The van der Waals surface area contributed by atoms with E-state index in [0.717, 1.165) is 38.3 Å². The molecule has 0 spiro atoms. The van der Waals surface area contributed by atoms with Crippen LogP contribution in [0.1, 0.15) is 22.6 Å². The van der Waals surface area contributed by atoms with Gasteiger partial charge in [0.2, 0.25) is 0 Å². The fraction of sp³-hybridized carbons (Fsp3) is 0.562. The van der Waals surface area contributed by atoms with Crippen LogP contribution in [0.2, 0.25) is 0 Å². The molecular formula is C16H22N4O2. The zero-order valence-corrected chi connectivity index (χ0v) is 12.9. The van der Waals surface area contributed by atoms with E-state index >= 15 is 0 Å². The van der Waals surface area contributed by atoms with Crippen molar-refractivity contribution in [1.29, 1.82) is 0 Å². The smallest absolute Gasteiger partial charge is 0.274 e. The van der Waals surface area contributed by atoms with Gasteiger partial charge in [0, 0.05) is 38.4 Å². The van der Waals surface area contributed by atoms with Gasteiger partial charge in [-0.3, -0.25) is 14.7 Å². The largest absolute Gasteiger partial charge is 0.373 e. The molecule has 3 heterocycles. The van der Waals surface area contributed by atoms with Crippen LogP contribution >= 0.6 is 0 Å². The molecule has 6 nitrogen and oxygen atoms in total. The van der Waals surface area contributed by atoms with E-state index in [1.807, 2.05) is 11.8 Å². The number of piperazine rings is 1. The Kier molecular flexibility index (Phi) is 4.49. The van der Waals surface area contributed by atoms with Crippen molar-refractivity contribution in [2.45, 2.75) is 25.5 Å². The summed E-state index contributed by atoms with van der Waals surface area (Å²) < 4.78 is 5.75. The lowest BCUT2D eigenvalue weighted by Crippen LogP contribution is -2.52. The van der Waals surface area contributed by atoms with E-state index in [4.69, 9.17) is 4.74 Å². The third kappa shape index (κ3) is 3.18. The Morgan fingerprint density at radius 2 is 2.27 bits per heavy atom. The first kappa shape index (κ1) is 15.1. The van der Waals surface area contributed by atoms with E-state index in [1.54, 1.807) is 18.5 Å². The average Bonchev–Trinajstić information content (AvgIpc) is 2.94. The zero-order valence-electron chi connectivity index (χ0n) is 12.9. The lowest BCUT2D eigenvalue weighted by molar-refractivity contribution is 0.0555. The molecule has 2 aliphatic rings. The van der Waals surface area contributed by atoms with Gasteiger partial charge in [-0.25, -0.2) is 4.98 Å². The van der Waals surface area contributed by atoms with Crippen LogP contribution in [0.15, 0.2) is 25.0 Å². The summed E-state index contributed by atoms with van der Waals surface area (Å²) in [7, 11) is 0. The highest BCUT2D eigenvalue weighted by atomic mass is 16.5. The highest BCUT2D eigenvalue weighted by Gasteiger charge is 2.38. The minimum atomic E-state index is -0.0254. The fourth-order valence-corrected chi connectivity index (χ4v) is 3.17. The second-order valence-electron chi connectivity index (χ2n) is 5.92. The SMILES string of the molecule is C=CCO[C@@H]1C[C@H]2CN(C(=O)c3cnc(C)cn3)CCN2C1. The molecule has 6 heteroatoms. The van der Waals surface area contributed by atoms with Crippen LogP contribution in [0.25, 0.3) is 0 Å². The lowest BCUT2D eigenvalue weighted by Gasteiger charge is -2.37. The number of aryl methyl sites for hydroxylation is 1. The quantitative estimate of drug-likeness (QED) is 0.773. The van der Waals surface area contributed by atoms with Crippen LogP contribution in [0.3, 0.4) is 0 Å². The topological polar surface area (TPSA) is 58.6 Å². The number of carbonyl (C=O) groups is 1. The number of hydrogen-bond acceptors (Lipinski definition) is 5. The van der Waals surface area contributed by atoms with Crippen LogP contribution in [-0.4, -0.2) is 70.6 Å². The molecule has 3 rings (SSSR count). The molecule has 0 unspecified atom stereocenters. The summed E-state index contributed by atoms with van der Waals surface area (Å²) in [5.41, 5.74) is 1.25. The minimum absolute atomic E-state index is 0.0254. The first-order valence-corrected chi connectivity index (χ1v) is 7.72. The maximum atomic E-state index is 12.5. The number of amides is 1. The molecule has 22 heavy (non-hydrogen) atoms. The van der Waals surface area contributed by atoms with E-state index in [1.165, 1.54) is 0 Å². The van der Waals surface area contributed by atoms with Crippen molar-refractivity contribution in [2.24, 2.45) is 0 Å². The van der Waals surface area contributed by atoms with E-state index in [0.29, 0.717) is 18.3 Å². The van der Waals surface area contributed by atoms with E-state index in [2.05, 4.69) is 21.4 Å². The van der Waals surface area contributed by atoms with Gasteiger partial charge in [-0.2, -0.15) is 0 Å². The number of hydrogen-bond donors (Lipinski definition) is 0. The molecule has 0 N–H and O–H groups in total. The Hall–Kier alpha value is -1.79. The molecule has 118 valence electrons. The molecule has 2 aliphatic heterocycles. The molecule has 0 aromatic carbocycles. The molecule has 1 aromatic rings. The van der Waals surface area contributed by atoms with Crippen molar-refractivity contribution in [3.63, 3.8) is 0 Å². The highest BCUT2D eigenvalue weighted by molar-refractivity contribution is 5.92. The van der Waals surface area contributed by atoms with E-state index in [9.17, 15) is 4.79 Å². The maximum absolute atomic E-state index is 12.5. The van der Waals surface area contributed by atoms with E-state index in [-0.39, 0.29) is 12.0 Å². The fourth-order valence-electron chi connectivity index (χ4n) is 3.17. The number of carbonyl (C=O) groups excluding carboxylic acids is 1. The molecule has 1 aromatic heterocycles. The summed E-state index contributed by atoms with van der Waals surface area (Å²) in [6.07, 6.45) is 6.20. The maximum Gasteiger partial charge on any atom is 0.274 e. The molecule has 0 radical (unpaired) electrons. The molecule has 1 amide bonds. The summed E-state index contributed by atoms with van der Waals surface area (Å²) in [6, 6.07) is 0.380. The summed E-state index contributed by atoms with van der Waals surface area (Å²) in [5, 5.41) is 0. The number of aromatic nitrogens is 2. The van der Waals surface area contributed by atoms with Crippen LogP contribution < -0.4 is 0 Å². The summed E-state index contributed by atoms with van der Waals surface area (Å²) in [6.45, 7) is 9.45. The van der Waals surface area contributed by atoms with Crippen LogP contribution in [0.5, 0.6) is 0 Å². The summed E-state index contributed by atoms with van der Waals surface area (Å²) >= 11 is 0. The van der Waals surface area contributed by atoms with Crippen molar-refractivity contribution >= 4 is 5.91 Å². The monoisotopic (exact) mass is 302 g/mol. The van der Waals surface area contributed by atoms with Gasteiger partial charge in [-0.05, 0) is 13.3 Å². The molecular weight excluding hydrogens is 280 g/mol. The number of ether oxygens (including phenoxy) is 1. The summed E-state index contributed by atoms with van der Waals surface area (Å²) in [5.74, 6) is -0.0254. The third-order valence-electron chi connectivity index (χ3n) is 4.31. The number of rotatable bonds is 4. The first-order chi connectivity index (χ1) is 10.7. The van der Waals surface area contributed by atoms with Gasteiger partial charge in [0.1, 0.15) is 5.69 Å². The standard InChI is InChI=1S/C16H22N4O2/c1-3-6-22-14-7-13-10-20(5-4-19(13)11-14)16(21)15-9-17-12(2)8-18-15/h3,8-9,13-14H,1,4-7,10-11H2,2H3/t13-,14+/m0/s1. The summed E-state index contributed by atoms with van der Waals surface area (Å²) in [4.78, 5) is 25.2. The van der Waals surface area contributed by atoms with Crippen molar-refractivity contribution in [3.8, 4) is 0 Å². The van der Waals surface area contributed by atoms with Crippen molar-refractivity contribution < 1.29 is 9.53 Å². The molecule has 0 saturated carbocycles. The predicted molar refractivity (Wildman–Crippen MR) is 82.6 cm³/mol. The Morgan fingerprint density at radius 3 is 3.00 bits per heavy atom. The normalized spacial score (nSPS) is 25.0. The molecule has 0 aliphatic carbocycles. The van der Waals surface area contributed by atoms with Gasteiger partial charge in [0.05, 0.1) is 24.6 Å². The van der Waals surface area contributed by atoms with Gasteiger partial charge in [-0.1, -0.05) is 6.08 Å². The second kappa shape index (κ2) is 6.54. The highest BCUT2D eigenvalue weighted by Crippen LogP contribution is 2.24. The van der Waals surface area contributed by atoms with Crippen molar-refractivity contribution in [1.82, 2.24) is 19.8 Å². The Morgan fingerprint density at radius 1 is 1.41 bits per heavy atom. The van der Waals surface area contributed by atoms with Gasteiger partial charge in [0.15, 0.2) is 0 Å². The Balaban J connectivity index is 1.60. The van der Waals surface area contributed by atoms with E-state index < -0.39 is 0 Å². The molecule has 0 bridgehead atoms. The first-order valence-electron chi connectivity index (χ1n) is 7.72. The lowest BCUT2D eigenvalue weighted by atomic mass is 10.1. The Labute approximate surface area is 130 Å². The van der Waals surface area contributed by atoms with Crippen molar-refractivity contribution in [2.75, 3.05) is 32.8 Å². The average molecular weight is 302 g/mol. The van der Waals surface area contributed by atoms with Gasteiger partial charge in [-0.15, -0.1) is 6.58 Å². The minimum Gasteiger partial charge on any atom is -0.373 e. The van der Waals surface area contributed by atoms with Gasteiger partial charge >= 0.3 is 0 Å². The van der Waals surface area contributed by atoms with Gasteiger partial charge in [0.25, 0.3) is 5.91 Å². The molecule has 2 saturated heterocycles. The van der Waals surface area contributed by atoms with Crippen LogP contribution in [0, 0.1) is 6.92 Å². The van der Waals surface area contributed by atoms with Crippen molar-refractivity contribution in [3.05, 3.63) is 36.4 Å². The number of fused-ring (bicyclic) bond motifs is 1. The predicted octanol–water partition coefficient (Wildman–Crippen LogP) is 0.886. The van der Waals surface area contributed by atoms with Crippen LogP contribution in [0.4, 0.5) is 0 Å². The Bertz CT molecular complexity index is 546. The molecule has 2 atom stereocenters.